The van der Waals surface area contributed by atoms with E-state index in [1.165, 1.54) is 89.1 Å². The van der Waals surface area contributed by atoms with Crippen molar-refractivity contribution in [1.29, 1.82) is 0 Å². The molecule has 5 heteroatoms. The Labute approximate surface area is 435 Å². The topological polar surface area (TPSA) is 9.72 Å². The summed E-state index contributed by atoms with van der Waals surface area (Å²) < 4.78 is 40.7. The highest BCUT2D eigenvalue weighted by atomic mass is 32.1. The van der Waals surface area contributed by atoms with Crippen LogP contribution in [-0.4, -0.2) is 17.8 Å². The largest absolute Gasteiger partial charge is 0.335 e. The van der Waals surface area contributed by atoms with E-state index < -0.39 is 11.0 Å². The van der Waals surface area contributed by atoms with E-state index in [0.29, 0.717) is 5.69 Å². The first-order valence-electron chi connectivity index (χ1n) is 28.9. The summed E-state index contributed by atoms with van der Waals surface area (Å²) in [7, 11) is 0. The van der Waals surface area contributed by atoms with Crippen molar-refractivity contribution in [2.24, 2.45) is 0 Å². The average molecular weight is 956 g/mol. The predicted molar refractivity (Wildman–Crippen MR) is 308 cm³/mol. The van der Waals surface area contributed by atoms with E-state index >= 15 is 0 Å². The van der Waals surface area contributed by atoms with E-state index in [4.69, 9.17) is 1.37 Å². The van der Waals surface area contributed by atoms with Crippen LogP contribution in [0.15, 0.2) is 115 Å². The van der Waals surface area contributed by atoms with Gasteiger partial charge in [-0.05, 0) is 143 Å². The molecule has 0 saturated heterocycles. The molecule has 4 unspecified atom stereocenters. The lowest BCUT2D eigenvalue weighted by molar-refractivity contribution is 0.194. The van der Waals surface area contributed by atoms with Crippen LogP contribution in [0.25, 0.3) is 21.2 Å². The van der Waals surface area contributed by atoms with Gasteiger partial charge in [0.15, 0.2) is 0 Å². The van der Waals surface area contributed by atoms with Crippen molar-refractivity contribution in [3.63, 3.8) is 0 Å². The van der Waals surface area contributed by atoms with Crippen molar-refractivity contribution < 1.29 is 5.48 Å². The third-order valence-corrected chi connectivity index (χ3v) is 20.7. The first kappa shape index (κ1) is 41.2. The van der Waals surface area contributed by atoms with Crippen LogP contribution in [0.3, 0.4) is 0 Å². The minimum atomic E-state index is -0.529. The number of hydrogen-bond donors (Lipinski definition) is 0. The molecule has 4 aliphatic heterocycles. The molecular formula is C66H74BN3S. The summed E-state index contributed by atoms with van der Waals surface area (Å²) in [6.07, 6.45) is 8.34. The molecule has 71 heavy (non-hydrogen) atoms. The number of benzene rings is 6. The lowest BCUT2D eigenvalue weighted by Crippen LogP contribution is -2.64. The van der Waals surface area contributed by atoms with Gasteiger partial charge >= 0.3 is 0 Å². The maximum Gasteiger partial charge on any atom is 0.264 e. The van der Waals surface area contributed by atoms with E-state index in [0.717, 1.165) is 61.2 Å². The van der Waals surface area contributed by atoms with Gasteiger partial charge in [0.2, 0.25) is 0 Å². The molecule has 0 radical (unpaired) electrons. The Hall–Kier alpha value is -5.26. The summed E-state index contributed by atoms with van der Waals surface area (Å²) in [6.45, 7) is 30.9. The van der Waals surface area contributed by atoms with E-state index in [9.17, 15) is 4.11 Å². The fourth-order valence-corrected chi connectivity index (χ4v) is 16.2. The van der Waals surface area contributed by atoms with Crippen LogP contribution in [0.1, 0.15) is 175 Å². The first-order valence-corrected chi connectivity index (χ1v) is 27.7. The number of hydrogen-bond acceptors (Lipinski definition) is 4. The SMILES string of the molecule is [2H]c1c([2H])c([2H])c2c(c1[2H])N(c1cc3c4c(c1)N1c5c(cc(C(C)(C)C)cc5C5(C)CCCCC15C)B4c1sc4ccc(C(C)(C)C)cc4c1N3c1ccc(C(C)(C)C)cc1-c1ccccc1)C1(C)CCCCC21C. The summed E-state index contributed by atoms with van der Waals surface area (Å²) in [6, 6.07) is 35.6. The Kier molecular flexibility index (Phi) is 8.54. The molecule has 2 saturated carbocycles. The van der Waals surface area contributed by atoms with Gasteiger partial charge in [0, 0.05) is 59.7 Å². The first-order chi connectivity index (χ1) is 35.2. The number of nitrogens with zero attached hydrogens (tertiary/aromatic N) is 3. The van der Waals surface area contributed by atoms with E-state index in [2.05, 4.69) is 196 Å². The third kappa shape index (κ3) is 6.02. The Morgan fingerprint density at radius 2 is 1.15 bits per heavy atom. The molecule has 362 valence electrons. The van der Waals surface area contributed by atoms with E-state index in [1.807, 2.05) is 11.3 Å². The Morgan fingerprint density at radius 3 is 1.85 bits per heavy atom. The molecule has 13 rings (SSSR count). The lowest BCUT2D eigenvalue weighted by atomic mass is 9.36. The second kappa shape index (κ2) is 14.7. The molecule has 0 bridgehead atoms. The van der Waals surface area contributed by atoms with Crippen molar-refractivity contribution in [3.05, 3.63) is 143 Å². The monoisotopic (exact) mass is 956 g/mol. The van der Waals surface area contributed by atoms with Crippen molar-refractivity contribution in [3.8, 4) is 11.1 Å². The Bertz CT molecular complexity index is 3620. The van der Waals surface area contributed by atoms with Gasteiger partial charge in [-0.15, -0.1) is 11.3 Å². The van der Waals surface area contributed by atoms with Gasteiger partial charge in [0.05, 0.1) is 27.9 Å². The molecular weight excluding hydrogens is 878 g/mol. The van der Waals surface area contributed by atoms with Gasteiger partial charge in [-0.25, -0.2) is 0 Å². The molecule has 1 aromatic heterocycles. The summed E-state index contributed by atoms with van der Waals surface area (Å²) in [4.78, 5) is 7.96. The Morgan fingerprint density at radius 1 is 0.549 bits per heavy atom. The molecule has 7 aromatic rings. The van der Waals surface area contributed by atoms with Gasteiger partial charge in [0.1, 0.15) is 0 Å². The maximum atomic E-state index is 9.93. The van der Waals surface area contributed by atoms with Crippen LogP contribution in [-0.2, 0) is 27.1 Å². The zero-order chi connectivity index (χ0) is 53.1. The maximum absolute atomic E-state index is 9.93. The second-order valence-electron chi connectivity index (χ2n) is 26.5. The van der Waals surface area contributed by atoms with Gasteiger partial charge in [-0.1, -0.05) is 175 Å². The second-order valence-corrected chi connectivity index (χ2v) is 27.6. The van der Waals surface area contributed by atoms with Crippen molar-refractivity contribution in [2.75, 3.05) is 14.7 Å². The summed E-state index contributed by atoms with van der Waals surface area (Å²) in [5.74, 6) is 0. The van der Waals surface area contributed by atoms with Gasteiger partial charge < -0.3 is 14.7 Å². The molecule has 0 spiro atoms. The average Bonchev–Trinajstić information content (AvgIpc) is 4.08. The standard InChI is InChI=1S/C66H74BN3S/c1-60(2,3)42-27-29-51(46(35-42)41-23-15-14-16-24-41)68-53-39-45(69-52-26-18-17-25-48(52)63(10)31-19-21-33-65(63,69)12)40-54-56(53)67(59-57(68)47-36-43(61(4,5)6)28-30-55(47)71-59)50-38-44(62(7,8)9)37-49-58(50)70(54)66(13)34-22-20-32-64(49,66)11/h14-18,23-30,35-40H,19-22,31-34H2,1-13H3/i17D,18D,25D,26D. The predicted octanol–water partition coefficient (Wildman–Crippen LogP) is 16.6. The molecule has 5 heterocycles. The third-order valence-electron chi connectivity index (χ3n) is 19.5. The smallest absolute Gasteiger partial charge is 0.264 e. The lowest BCUT2D eigenvalue weighted by Gasteiger charge is -2.53. The van der Waals surface area contributed by atoms with Gasteiger partial charge in [-0.3, -0.25) is 0 Å². The zero-order valence-electron chi connectivity index (χ0n) is 48.6. The van der Waals surface area contributed by atoms with Crippen LogP contribution in [0.2, 0.25) is 0 Å². The molecule has 6 aliphatic rings. The zero-order valence-corrected chi connectivity index (χ0v) is 45.5. The van der Waals surface area contributed by atoms with Crippen molar-refractivity contribution >= 4 is 83.6 Å². The number of para-hydroxylation sites is 1. The number of thiophene rings is 1. The highest BCUT2D eigenvalue weighted by Crippen LogP contribution is 2.65. The molecule has 6 aromatic carbocycles. The normalized spacial score (nSPS) is 26.0. The van der Waals surface area contributed by atoms with Gasteiger partial charge in [-0.2, -0.15) is 0 Å². The van der Waals surface area contributed by atoms with E-state index in [1.54, 1.807) is 0 Å². The minimum Gasteiger partial charge on any atom is -0.335 e. The summed E-state index contributed by atoms with van der Waals surface area (Å²) in [5.41, 5.74) is 17.5. The quantitative estimate of drug-likeness (QED) is 0.163. The number of fused-ring (bicyclic) bond motifs is 12. The number of anilines is 7. The van der Waals surface area contributed by atoms with Gasteiger partial charge in [0.25, 0.3) is 6.71 Å². The number of rotatable bonds is 3. The molecule has 2 fully saturated rings. The van der Waals surface area contributed by atoms with Crippen LogP contribution in [0.4, 0.5) is 39.8 Å². The summed E-state index contributed by atoms with van der Waals surface area (Å²) in [5, 5.41) is 1.27. The highest BCUT2D eigenvalue weighted by molar-refractivity contribution is 7.33. The molecule has 3 nitrogen and oxygen atoms in total. The molecule has 0 amide bonds. The fourth-order valence-electron chi connectivity index (χ4n) is 14.9. The van der Waals surface area contributed by atoms with Crippen LogP contribution in [0.5, 0.6) is 0 Å². The van der Waals surface area contributed by atoms with Crippen LogP contribution < -0.4 is 30.4 Å². The highest BCUT2D eigenvalue weighted by Gasteiger charge is 2.63. The fraction of sp³-hybridized carbons (Fsp3) is 0.424. The van der Waals surface area contributed by atoms with E-state index in [-0.39, 0.29) is 58.1 Å². The molecule has 4 atom stereocenters. The van der Waals surface area contributed by atoms with Crippen molar-refractivity contribution in [2.45, 2.75) is 180 Å². The molecule has 0 N–H and O–H groups in total. The minimum absolute atomic E-state index is 0.0573. The van der Waals surface area contributed by atoms with Crippen LogP contribution in [0, 0.1) is 0 Å². The summed E-state index contributed by atoms with van der Waals surface area (Å²) >= 11 is 1.98. The van der Waals surface area contributed by atoms with Crippen molar-refractivity contribution in [1.82, 2.24) is 0 Å². The Balaban J connectivity index is 1.23. The molecule has 2 aliphatic carbocycles. The van der Waals surface area contributed by atoms with Crippen LogP contribution >= 0.6 is 11.3 Å².